The number of benzene rings is 2. The first-order chi connectivity index (χ1) is 15.7. The third kappa shape index (κ3) is 8.23. The molecule has 32 heavy (non-hydrogen) atoms. The van der Waals surface area contributed by atoms with Gasteiger partial charge in [0.1, 0.15) is 18.1 Å². The Labute approximate surface area is 193 Å². The maximum absolute atomic E-state index is 8.90. The lowest BCUT2D eigenvalue weighted by atomic mass is 10.0. The molecule has 0 bridgehead atoms. The second-order valence-corrected chi connectivity index (χ2v) is 8.56. The first-order valence-corrected chi connectivity index (χ1v) is 12.0. The maximum atomic E-state index is 8.90. The Kier molecular flexibility index (Phi) is 9.86. The van der Waals surface area contributed by atoms with Crippen molar-refractivity contribution < 1.29 is 9.30 Å². The lowest BCUT2D eigenvalue weighted by Crippen LogP contribution is -2.23. The van der Waals surface area contributed by atoms with Crippen LogP contribution < -0.4 is 9.30 Å². The molecule has 0 N–H and O–H groups in total. The van der Waals surface area contributed by atoms with Crippen LogP contribution in [0.1, 0.15) is 63.4 Å². The minimum atomic E-state index is 0.687. The number of unbranched alkanes of at least 4 members (excludes halogenated alkanes) is 8. The number of aryl methyl sites for hydroxylation is 2. The summed E-state index contributed by atoms with van der Waals surface area (Å²) >= 11 is 0. The largest absolute Gasteiger partial charge is 0.494 e. The van der Waals surface area contributed by atoms with Crippen LogP contribution in [-0.2, 0) is 13.6 Å². The third-order valence-corrected chi connectivity index (χ3v) is 5.85. The Morgan fingerprint density at radius 3 is 1.91 bits per heavy atom. The molecule has 0 saturated heterocycles. The molecule has 0 saturated carbocycles. The number of hydrogen-bond donors (Lipinski definition) is 0. The van der Waals surface area contributed by atoms with E-state index < -0.39 is 0 Å². The van der Waals surface area contributed by atoms with Gasteiger partial charge in [-0.3, -0.25) is 0 Å². The molecule has 0 atom stereocenters. The second kappa shape index (κ2) is 13.4. The Morgan fingerprint density at radius 2 is 1.34 bits per heavy atom. The van der Waals surface area contributed by atoms with Gasteiger partial charge in [0, 0.05) is 0 Å². The highest BCUT2D eigenvalue weighted by molar-refractivity contribution is 5.64. The van der Waals surface area contributed by atoms with Gasteiger partial charge in [-0.05, 0) is 54.7 Å². The predicted octanol–water partition coefficient (Wildman–Crippen LogP) is 6.44. The van der Waals surface area contributed by atoms with Crippen molar-refractivity contribution in [2.24, 2.45) is 7.05 Å². The Morgan fingerprint density at radius 1 is 0.781 bits per heavy atom. The minimum absolute atomic E-state index is 0.687. The van der Waals surface area contributed by atoms with Gasteiger partial charge in [-0.2, -0.15) is 5.26 Å². The van der Waals surface area contributed by atoms with Crippen LogP contribution >= 0.6 is 0 Å². The number of rotatable bonds is 14. The summed E-state index contributed by atoms with van der Waals surface area (Å²) in [7, 11) is 2.07. The number of ether oxygens (including phenoxy) is 1. The van der Waals surface area contributed by atoms with Gasteiger partial charge >= 0.3 is 0 Å². The lowest BCUT2D eigenvalue weighted by Gasteiger charge is -2.08. The standard InChI is InChI=1S/C28H36N3O/c1-30-20-21-31(24-30)19-9-7-5-3-2-4-6-8-10-22-32-28-17-15-27(16-18-28)26-13-11-25(23-29)12-14-26/h11-18,20-21,24H,2-10,19,22H2,1H3/q+1. The summed E-state index contributed by atoms with van der Waals surface area (Å²) in [6, 6.07) is 18.0. The van der Waals surface area contributed by atoms with Gasteiger partial charge in [0.25, 0.3) is 0 Å². The van der Waals surface area contributed by atoms with Crippen LogP contribution in [-0.4, -0.2) is 11.2 Å². The van der Waals surface area contributed by atoms with Gasteiger partial charge in [-0.15, -0.1) is 0 Å². The quantitative estimate of drug-likeness (QED) is 0.218. The molecule has 0 spiro atoms. The molecule has 168 valence electrons. The van der Waals surface area contributed by atoms with Crippen molar-refractivity contribution in [1.29, 1.82) is 5.26 Å². The Hall–Kier alpha value is -3.06. The molecule has 0 unspecified atom stereocenters. The van der Waals surface area contributed by atoms with E-state index in [1.165, 1.54) is 51.4 Å². The number of nitrogens with zero attached hydrogens (tertiary/aromatic N) is 3. The van der Waals surface area contributed by atoms with Gasteiger partial charge in [-0.25, -0.2) is 9.13 Å². The van der Waals surface area contributed by atoms with Crippen LogP contribution in [0.3, 0.4) is 0 Å². The van der Waals surface area contributed by atoms with Crippen LogP contribution in [0.25, 0.3) is 11.1 Å². The summed E-state index contributed by atoms with van der Waals surface area (Å²) in [4.78, 5) is 0. The van der Waals surface area contributed by atoms with E-state index in [4.69, 9.17) is 10.00 Å². The van der Waals surface area contributed by atoms with Gasteiger partial charge in [0.05, 0.1) is 31.8 Å². The fourth-order valence-electron chi connectivity index (χ4n) is 3.94. The van der Waals surface area contributed by atoms with E-state index in [9.17, 15) is 0 Å². The highest BCUT2D eigenvalue weighted by atomic mass is 16.5. The molecule has 4 nitrogen and oxygen atoms in total. The van der Waals surface area contributed by atoms with Gasteiger partial charge in [-0.1, -0.05) is 62.8 Å². The normalized spacial score (nSPS) is 10.8. The van der Waals surface area contributed by atoms with E-state index in [1.807, 2.05) is 36.4 Å². The fourth-order valence-corrected chi connectivity index (χ4v) is 3.94. The Bertz CT molecular complexity index is 952. The fraction of sp³-hybridized carbons (Fsp3) is 0.429. The summed E-state index contributed by atoms with van der Waals surface area (Å²) in [5.74, 6) is 0.927. The number of nitriles is 1. The van der Waals surface area contributed by atoms with Crippen molar-refractivity contribution in [2.75, 3.05) is 6.61 Å². The molecule has 0 aliphatic carbocycles. The maximum Gasteiger partial charge on any atom is 0.243 e. The average molecular weight is 431 g/mol. The monoisotopic (exact) mass is 430 g/mol. The van der Waals surface area contributed by atoms with Crippen molar-refractivity contribution in [1.82, 2.24) is 4.57 Å². The van der Waals surface area contributed by atoms with E-state index in [0.717, 1.165) is 36.4 Å². The molecule has 1 heterocycles. The summed E-state index contributed by atoms with van der Waals surface area (Å²) in [6.07, 6.45) is 18.1. The summed E-state index contributed by atoms with van der Waals surface area (Å²) in [5.41, 5.74) is 2.94. The van der Waals surface area contributed by atoms with Gasteiger partial charge < -0.3 is 4.74 Å². The van der Waals surface area contributed by atoms with E-state index in [-0.39, 0.29) is 0 Å². The number of hydrogen-bond acceptors (Lipinski definition) is 2. The SMILES string of the molecule is C[n+]1ccn(CCCCCCCCCCCOc2ccc(-c3ccc(C#N)cc3)cc2)c1. The molecule has 3 aromatic rings. The molecule has 0 radical (unpaired) electrons. The van der Waals surface area contributed by atoms with Gasteiger partial charge in [0.2, 0.25) is 6.33 Å². The van der Waals surface area contributed by atoms with Crippen molar-refractivity contribution >= 4 is 0 Å². The highest BCUT2D eigenvalue weighted by Gasteiger charge is 2.01. The van der Waals surface area contributed by atoms with Crippen LogP contribution in [0, 0.1) is 11.3 Å². The van der Waals surface area contributed by atoms with Crippen molar-refractivity contribution in [3.63, 3.8) is 0 Å². The summed E-state index contributed by atoms with van der Waals surface area (Å²) in [6.45, 7) is 1.92. The zero-order valence-electron chi connectivity index (χ0n) is 19.4. The second-order valence-electron chi connectivity index (χ2n) is 8.56. The molecule has 3 rings (SSSR count). The molecule has 4 heteroatoms. The van der Waals surface area contributed by atoms with Crippen molar-refractivity contribution in [2.45, 2.75) is 64.3 Å². The summed E-state index contributed by atoms with van der Waals surface area (Å²) < 4.78 is 10.3. The topological polar surface area (TPSA) is 41.8 Å². The molecule has 1 aromatic heterocycles. The van der Waals surface area contributed by atoms with E-state index in [2.05, 4.69) is 53.1 Å². The molecule has 0 aliphatic heterocycles. The van der Waals surface area contributed by atoms with E-state index in [0.29, 0.717) is 5.56 Å². The molecule has 2 aromatic carbocycles. The van der Waals surface area contributed by atoms with Crippen LogP contribution in [0.2, 0.25) is 0 Å². The predicted molar refractivity (Wildman–Crippen MR) is 129 cm³/mol. The zero-order valence-corrected chi connectivity index (χ0v) is 19.4. The average Bonchev–Trinajstić information content (AvgIpc) is 3.25. The lowest BCUT2D eigenvalue weighted by molar-refractivity contribution is -0.671. The highest BCUT2D eigenvalue weighted by Crippen LogP contribution is 2.23. The first kappa shape index (κ1) is 23.6. The Balaban J connectivity index is 1.17. The first-order valence-electron chi connectivity index (χ1n) is 12.0. The summed E-state index contributed by atoms with van der Waals surface area (Å²) in [5, 5.41) is 8.90. The smallest absolute Gasteiger partial charge is 0.243 e. The van der Waals surface area contributed by atoms with E-state index >= 15 is 0 Å². The molecule has 0 fully saturated rings. The van der Waals surface area contributed by atoms with Crippen molar-refractivity contribution in [3.8, 4) is 22.9 Å². The number of imidazole rings is 1. The number of aromatic nitrogens is 2. The molecule has 0 amide bonds. The van der Waals surface area contributed by atoms with Gasteiger partial charge in [0.15, 0.2) is 0 Å². The molecular formula is C28H36N3O+. The van der Waals surface area contributed by atoms with E-state index in [1.54, 1.807) is 0 Å². The van der Waals surface area contributed by atoms with Crippen molar-refractivity contribution in [3.05, 3.63) is 72.8 Å². The van der Waals surface area contributed by atoms with Crippen LogP contribution in [0.15, 0.2) is 67.3 Å². The van der Waals surface area contributed by atoms with Crippen LogP contribution in [0.4, 0.5) is 0 Å². The third-order valence-electron chi connectivity index (χ3n) is 5.85. The molecule has 0 aliphatic rings. The van der Waals surface area contributed by atoms with Crippen LogP contribution in [0.5, 0.6) is 5.75 Å². The minimum Gasteiger partial charge on any atom is -0.494 e. The zero-order chi connectivity index (χ0) is 22.4. The molecular weight excluding hydrogens is 394 g/mol.